The molecule has 0 spiro atoms. The van der Waals surface area contributed by atoms with Crippen molar-refractivity contribution in [2.45, 2.75) is 19.3 Å². The van der Waals surface area contributed by atoms with Crippen molar-refractivity contribution in [1.29, 1.82) is 0 Å². The Labute approximate surface area is 172 Å². The summed E-state index contributed by atoms with van der Waals surface area (Å²) in [5.74, 6) is 1.23. The summed E-state index contributed by atoms with van der Waals surface area (Å²) in [6.07, 6.45) is 13.3. The molecule has 1 unspecified atom stereocenters. The van der Waals surface area contributed by atoms with Crippen molar-refractivity contribution < 1.29 is 4.42 Å². The molecule has 0 fully saturated rings. The number of hydrogen-bond donors (Lipinski definition) is 0. The van der Waals surface area contributed by atoms with Gasteiger partial charge in [-0.05, 0) is 49.4 Å². The smallest absolute Gasteiger partial charge is 0.211 e. The Bertz CT molecular complexity index is 1210. The van der Waals surface area contributed by atoms with Gasteiger partial charge < -0.3 is 4.42 Å². The summed E-state index contributed by atoms with van der Waals surface area (Å²) >= 11 is 1.54. The van der Waals surface area contributed by atoms with Gasteiger partial charge in [-0.1, -0.05) is 30.4 Å². The average molecular weight is 401 g/mol. The Kier molecular flexibility index (Phi) is 4.92. The van der Waals surface area contributed by atoms with E-state index in [2.05, 4.69) is 29.3 Å². The SMILES string of the molecule is C1=CCC(C=Nn2c(-c3cc4ccccc4o3)csc2=Nc2cccnc2)CC1. The molecule has 3 heterocycles. The molecule has 5 rings (SSSR count). The Morgan fingerprint density at radius 3 is 2.97 bits per heavy atom. The number of thiazole rings is 1. The third-order valence-electron chi connectivity index (χ3n) is 4.94. The van der Waals surface area contributed by atoms with E-state index in [0.717, 1.165) is 52.2 Å². The van der Waals surface area contributed by atoms with Crippen LogP contribution in [0, 0.1) is 5.92 Å². The van der Waals surface area contributed by atoms with Crippen molar-refractivity contribution in [2.24, 2.45) is 16.0 Å². The largest absolute Gasteiger partial charge is 0.454 e. The van der Waals surface area contributed by atoms with Crippen LogP contribution in [0.4, 0.5) is 5.69 Å². The summed E-state index contributed by atoms with van der Waals surface area (Å²) in [4.78, 5) is 9.70. The lowest BCUT2D eigenvalue weighted by Crippen LogP contribution is -2.13. The highest BCUT2D eigenvalue weighted by Crippen LogP contribution is 2.28. The fourth-order valence-electron chi connectivity index (χ4n) is 3.41. The fourth-order valence-corrected chi connectivity index (χ4v) is 4.25. The Morgan fingerprint density at radius 2 is 2.14 bits per heavy atom. The lowest BCUT2D eigenvalue weighted by atomic mass is 9.96. The molecule has 0 amide bonds. The van der Waals surface area contributed by atoms with Crippen LogP contribution in [0.25, 0.3) is 22.4 Å². The van der Waals surface area contributed by atoms with E-state index >= 15 is 0 Å². The van der Waals surface area contributed by atoms with Crippen LogP contribution in [0.1, 0.15) is 19.3 Å². The summed E-state index contributed by atoms with van der Waals surface area (Å²) in [5.41, 5.74) is 2.57. The molecule has 4 aromatic rings. The van der Waals surface area contributed by atoms with Crippen LogP contribution in [0.5, 0.6) is 0 Å². The van der Waals surface area contributed by atoms with E-state index in [1.54, 1.807) is 23.7 Å². The predicted octanol–water partition coefficient (Wildman–Crippen LogP) is 5.78. The first-order valence-electron chi connectivity index (χ1n) is 9.70. The van der Waals surface area contributed by atoms with Crippen LogP contribution in [0.15, 0.2) is 86.9 Å². The molecule has 0 saturated heterocycles. The zero-order chi connectivity index (χ0) is 19.5. The molecule has 29 heavy (non-hydrogen) atoms. The monoisotopic (exact) mass is 400 g/mol. The standard InChI is InChI=1S/C23H20N4OS/c1-2-7-17(8-3-1)14-25-27-20(22-13-18-9-4-5-11-21(18)28-22)16-29-23(27)26-19-10-6-12-24-15-19/h1-2,4-6,9-17H,3,7-8H2. The van der Waals surface area contributed by atoms with Gasteiger partial charge in [-0.25, -0.2) is 9.67 Å². The van der Waals surface area contributed by atoms with E-state index in [0.29, 0.717) is 5.92 Å². The molecule has 0 radical (unpaired) electrons. The maximum atomic E-state index is 6.10. The molecule has 0 saturated carbocycles. The van der Waals surface area contributed by atoms with Gasteiger partial charge in [-0.15, -0.1) is 11.3 Å². The number of rotatable bonds is 4. The first kappa shape index (κ1) is 17.8. The van der Waals surface area contributed by atoms with Gasteiger partial charge >= 0.3 is 0 Å². The van der Waals surface area contributed by atoms with E-state index in [1.165, 1.54) is 0 Å². The summed E-state index contributed by atoms with van der Waals surface area (Å²) in [7, 11) is 0. The van der Waals surface area contributed by atoms with E-state index in [-0.39, 0.29) is 0 Å². The Balaban J connectivity index is 1.61. The maximum absolute atomic E-state index is 6.10. The maximum Gasteiger partial charge on any atom is 0.211 e. The zero-order valence-electron chi connectivity index (χ0n) is 15.8. The predicted molar refractivity (Wildman–Crippen MR) is 117 cm³/mol. The van der Waals surface area contributed by atoms with Crippen molar-refractivity contribution in [3.8, 4) is 11.5 Å². The number of nitrogens with zero attached hydrogens (tertiary/aromatic N) is 4. The van der Waals surface area contributed by atoms with E-state index < -0.39 is 0 Å². The van der Waals surface area contributed by atoms with Crippen LogP contribution in [0.2, 0.25) is 0 Å². The second-order valence-corrected chi connectivity index (χ2v) is 7.83. The van der Waals surface area contributed by atoms with Gasteiger partial charge in [0.05, 0.1) is 11.9 Å². The van der Waals surface area contributed by atoms with Gasteiger partial charge in [-0.3, -0.25) is 4.98 Å². The minimum Gasteiger partial charge on any atom is -0.454 e. The number of furan rings is 1. The fraction of sp³-hybridized carbons (Fsp3) is 0.174. The third kappa shape index (κ3) is 3.84. The molecular weight excluding hydrogens is 380 g/mol. The zero-order valence-corrected chi connectivity index (χ0v) is 16.6. The van der Waals surface area contributed by atoms with Crippen LogP contribution in [0.3, 0.4) is 0 Å². The van der Waals surface area contributed by atoms with Crippen LogP contribution in [-0.2, 0) is 0 Å². The highest BCUT2D eigenvalue weighted by atomic mass is 32.1. The second-order valence-electron chi connectivity index (χ2n) is 7.00. The first-order valence-corrected chi connectivity index (χ1v) is 10.6. The molecule has 6 heteroatoms. The van der Waals surface area contributed by atoms with Gasteiger partial charge in [0, 0.05) is 23.2 Å². The summed E-state index contributed by atoms with van der Waals surface area (Å²) in [6, 6.07) is 13.9. The Morgan fingerprint density at radius 1 is 1.17 bits per heavy atom. The topological polar surface area (TPSA) is 55.7 Å². The molecule has 1 aliphatic rings. The summed E-state index contributed by atoms with van der Waals surface area (Å²) in [5, 5.41) is 7.95. The van der Waals surface area contributed by atoms with E-state index in [9.17, 15) is 0 Å². The molecule has 0 N–H and O–H groups in total. The number of para-hydroxylation sites is 1. The van der Waals surface area contributed by atoms with Gasteiger partial charge in [-0.2, -0.15) is 5.10 Å². The quantitative estimate of drug-likeness (QED) is 0.322. The number of aromatic nitrogens is 2. The first-order chi connectivity index (χ1) is 14.4. The minimum absolute atomic E-state index is 0.446. The highest BCUT2D eigenvalue weighted by molar-refractivity contribution is 7.07. The van der Waals surface area contributed by atoms with Gasteiger partial charge in [0.15, 0.2) is 5.76 Å². The minimum atomic E-state index is 0.446. The number of hydrogen-bond acceptors (Lipinski definition) is 5. The molecular formula is C23H20N4OS. The molecule has 1 atom stereocenters. The number of allylic oxidation sites excluding steroid dienone is 2. The number of pyridine rings is 1. The van der Waals surface area contributed by atoms with Crippen molar-refractivity contribution in [3.63, 3.8) is 0 Å². The van der Waals surface area contributed by atoms with Crippen LogP contribution >= 0.6 is 11.3 Å². The summed E-state index contributed by atoms with van der Waals surface area (Å²) in [6.45, 7) is 0. The molecule has 0 aliphatic heterocycles. The molecule has 0 bridgehead atoms. The van der Waals surface area contributed by atoms with E-state index in [4.69, 9.17) is 14.5 Å². The number of fused-ring (bicyclic) bond motifs is 1. The highest BCUT2D eigenvalue weighted by Gasteiger charge is 2.14. The molecule has 1 aliphatic carbocycles. The van der Waals surface area contributed by atoms with Crippen LogP contribution < -0.4 is 4.80 Å². The van der Waals surface area contributed by atoms with Gasteiger partial charge in [0.1, 0.15) is 11.3 Å². The Hall–Kier alpha value is -3.25. The molecule has 1 aromatic carbocycles. The average Bonchev–Trinajstić information content (AvgIpc) is 3.37. The number of benzene rings is 1. The molecule has 144 valence electrons. The van der Waals surface area contributed by atoms with Crippen molar-refractivity contribution in [3.05, 3.63) is 77.2 Å². The van der Waals surface area contributed by atoms with Crippen molar-refractivity contribution in [2.75, 3.05) is 0 Å². The lowest BCUT2D eigenvalue weighted by Gasteiger charge is -2.12. The molecule has 3 aromatic heterocycles. The second kappa shape index (κ2) is 8.01. The third-order valence-corrected chi connectivity index (χ3v) is 5.75. The van der Waals surface area contributed by atoms with E-state index in [1.807, 2.05) is 46.6 Å². The van der Waals surface area contributed by atoms with Gasteiger partial charge in [0.25, 0.3) is 0 Å². The van der Waals surface area contributed by atoms with Crippen molar-refractivity contribution in [1.82, 2.24) is 9.66 Å². The summed E-state index contributed by atoms with van der Waals surface area (Å²) < 4.78 is 7.98. The van der Waals surface area contributed by atoms with Crippen molar-refractivity contribution >= 4 is 34.2 Å². The van der Waals surface area contributed by atoms with Gasteiger partial charge in [0.2, 0.25) is 4.80 Å². The molecule has 5 nitrogen and oxygen atoms in total. The lowest BCUT2D eigenvalue weighted by molar-refractivity contribution is 0.613. The normalized spacial score (nSPS) is 17.5. The van der Waals surface area contributed by atoms with Crippen LogP contribution in [-0.4, -0.2) is 15.9 Å².